The normalized spacial score (nSPS) is 10.4. The highest BCUT2D eigenvalue weighted by molar-refractivity contribution is 6.31. The molecule has 0 saturated carbocycles. The second-order valence-electron chi connectivity index (χ2n) is 4.20. The summed E-state index contributed by atoms with van der Waals surface area (Å²) >= 11 is 6.06. The topological polar surface area (TPSA) is 49.3 Å². The van der Waals surface area contributed by atoms with Crippen molar-refractivity contribution in [1.29, 1.82) is 0 Å². The van der Waals surface area contributed by atoms with E-state index < -0.39 is 5.97 Å². The fourth-order valence-electron chi connectivity index (χ4n) is 1.80. The van der Waals surface area contributed by atoms with Gasteiger partial charge in [-0.05, 0) is 29.3 Å². The highest BCUT2D eigenvalue weighted by Crippen LogP contribution is 2.14. The first kappa shape index (κ1) is 13.6. The zero-order chi connectivity index (χ0) is 13.7. The van der Waals surface area contributed by atoms with E-state index in [1.807, 2.05) is 30.3 Å². The summed E-state index contributed by atoms with van der Waals surface area (Å²) in [6.07, 6.45) is 0. The van der Waals surface area contributed by atoms with Crippen LogP contribution in [0.2, 0.25) is 5.02 Å². The van der Waals surface area contributed by atoms with Gasteiger partial charge < -0.3 is 10.4 Å². The van der Waals surface area contributed by atoms with Crippen molar-refractivity contribution in [3.63, 3.8) is 0 Å². The molecule has 2 rings (SSSR count). The van der Waals surface area contributed by atoms with E-state index in [0.29, 0.717) is 18.7 Å². The van der Waals surface area contributed by atoms with E-state index in [1.165, 1.54) is 0 Å². The zero-order valence-electron chi connectivity index (χ0n) is 10.3. The Morgan fingerprint density at radius 3 is 2.63 bits per heavy atom. The summed E-state index contributed by atoms with van der Waals surface area (Å²) in [5.74, 6) is -0.909. The third kappa shape index (κ3) is 3.81. The Labute approximate surface area is 116 Å². The second-order valence-corrected chi connectivity index (χ2v) is 4.61. The zero-order valence-corrected chi connectivity index (χ0v) is 11.0. The maximum absolute atomic E-state index is 10.9. The molecule has 0 bridgehead atoms. The van der Waals surface area contributed by atoms with E-state index in [9.17, 15) is 4.79 Å². The predicted molar refractivity (Wildman–Crippen MR) is 75.4 cm³/mol. The molecular weight excluding hydrogens is 262 g/mol. The molecule has 0 atom stereocenters. The first-order valence-corrected chi connectivity index (χ1v) is 6.31. The minimum Gasteiger partial charge on any atom is -0.478 e. The van der Waals surface area contributed by atoms with Crippen molar-refractivity contribution in [1.82, 2.24) is 5.32 Å². The molecule has 0 aliphatic rings. The highest BCUT2D eigenvalue weighted by atomic mass is 35.5. The Bertz CT molecular complexity index is 584. The first-order chi connectivity index (χ1) is 9.16. The quantitative estimate of drug-likeness (QED) is 0.880. The molecule has 0 radical (unpaired) electrons. The summed E-state index contributed by atoms with van der Waals surface area (Å²) in [5.41, 5.74) is 2.27. The van der Waals surface area contributed by atoms with Gasteiger partial charge in [-0.3, -0.25) is 0 Å². The van der Waals surface area contributed by atoms with Crippen LogP contribution in [0, 0.1) is 0 Å². The average molecular weight is 276 g/mol. The van der Waals surface area contributed by atoms with Gasteiger partial charge in [0.25, 0.3) is 0 Å². The number of hydrogen-bond acceptors (Lipinski definition) is 2. The van der Waals surface area contributed by atoms with Gasteiger partial charge in [-0.15, -0.1) is 0 Å². The van der Waals surface area contributed by atoms with Crippen LogP contribution in [0.3, 0.4) is 0 Å². The molecule has 0 fully saturated rings. The van der Waals surface area contributed by atoms with Crippen LogP contribution in [-0.2, 0) is 13.1 Å². The lowest BCUT2D eigenvalue weighted by Crippen LogP contribution is -2.13. The van der Waals surface area contributed by atoms with Crippen LogP contribution in [-0.4, -0.2) is 11.1 Å². The molecule has 2 N–H and O–H groups in total. The summed E-state index contributed by atoms with van der Waals surface area (Å²) in [7, 11) is 0. The monoisotopic (exact) mass is 275 g/mol. The van der Waals surface area contributed by atoms with Gasteiger partial charge in [0.05, 0.1) is 5.56 Å². The molecular formula is C15H14ClNO2. The molecule has 0 spiro atoms. The third-order valence-corrected chi connectivity index (χ3v) is 3.15. The number of carboxylic acid groups (broad SMARTS) is 1. The van der Waals surface area contributed by atoms with Crippen LogP contribution >= 0.6 is 11.6 Å². The standard InChI is InChI=1S/C15H14ClNO2/c16-14-7-2-1-5-13(14)10-17-9-11-4-3-6-12(8-11)15(18)19/h1-8,17H,9-10H2,(H,18,19). The van der Waals surface area contributed by atoms with Crippen LogP contribution in [0.15, 0.2) is 48.5 Å². The maximum atomic E-state index is 10.9. The number of rotatable bonds is 5. The van der Waals surface area contributed by atoms with E-state index in [4.69, 9.17) is 16.7 Å². The summed E-state index contributed by atoms with van der Waals surface area (Å²) in [6.45, 7) is 1.25. The number of halogens is 1. The first-order valence-electron chi connectivity index (χ1n) is 5.93. The lowest BCUT2D eigenvalue weighted by atomic mass is 10.1. The Hall–Kier alpha value is -1.84. The molecule has 0 amide bonds. The largest absolute Gasteiger partial charge is 0.478 e. The van der Waals surface area contributed by atoms with E-state index in [2.05, 4.69) is 5.32 Å². The lowest BCUT2D eigenvalue weighted by Gasteiger charge is -2.07. The molecule has 0 aliphatic heterocycles. The summed E-state index contributed by atoms with van der Waals surface area (Å²) in [6, 6.07) is 14.5. The van der Waals surface area contributed by atoms with Gasteiger partial charge in [0.1, 0.15) is 0 Å². The number of carboxylic acids is 1. The van der Waals surface area contributed by atoms with Crippen LogP contribution in [0.1, 0.15) is 21.5 Å². The van der Waals surface area contributed by atoms with Gasteiger partial charge in [0.2, 0.25) is 0 Å². The van der Waals surface area contributed by atoms with Gasteiger partial charge >= 0.3 is 5.97 Å². The lowest BCUT2D eigenvalue weighted by molar-refractivity contribution is 0.0696. The van der Waals surface area contributed by atoms with E-state index in [-0.39, 0.29) is 0 Å². The van der Waals surface area contributed by atoms with Gasteiger partial charge in [0, 0.05) is 18.1 Å². The Morgan fingerprint density at radius 1 is 1.11 bits per heavy atom. The van der Waals surface area contributed by atoms with Crippen molar-refractivity contribution < 1.29 is 9.90 Å². The SMILES string of the molecule is O=C(O)c1cccc(CNCc2ccccc2Cl)c1. The third-order valence-electron chi connectivity index (χ3n) is 2.78. The molecule has 0 heterocycles. The fraction of sp³-hybridized carbons (Fsp3) is 0.133. The van der Waals surface area contributed by atoms with E-state index in [0.717, 1.165) is 16.1 Å². The van der Waals surface area contributed by atoms with Crippen molar-refractivity contribution in [2.45, 2.75) is 13.1 Å². The van der Waals surface area contributed by atoms with Crippen molar-refractivity contribution in [3.05, 3.63) is 70.2 Å². The molecule has 2 aromatic rings. The van der Waals surface area contributed by atoms with Crippen molar-refractivity contribution in [2.75, 3.05) is 0 Å². The number of hydrogen-bond donors (Lipinski definition) is 2. The number of aromatic carboxylic acids is 1. The second kappa shape index (κ2) is 6.36. The van der Waals surface area contributed by atoms with E-state index >= 15 is 0 Å². The van der Waals surface area contributed by atoms with E-state index in [1.54, 1.807) is 18.2 Å². The van der Waals surface area contributed by atoms with Gasteiger partial charge in [-0.2, -0.15) is 0 Å². The highest BCUT2D eigenvalue weighted by Gasteiger charge is 2.03. The molecule has 0 aromatic heterocycles. The minimum absolute atomic E-state index is 0.303. The van der Waals surface area contributed by atoms with Crippen molar-refractivity contribution in [2.24, 2.45) is 0 Å². The molecule has 0 aliphatic carbocycles. The van der Waals surface area contributed by atoms with Crippen molar-refractivity contribution >= 4 is 17.6 Å². The van der Waals surface area contributed by atoms with Crippen molar-refractivity contribution in [3.8, 4) is 0 Å². The summed E-state index contributed by atoms with van der Waals surface area (Å²) < 4.78 is 0. The molecule has 4 heteroatoms. The molecule has 2 aromatic carbocycles. The molecule has 3 nitrogen and oxygen atoms in total. The van der Waals surface area contributed by atoms with Gasteiger partial charge in [-0.1, -0.05) is 41.9 Å². The fourth-order valence-corrected chi connectivity index (χ4v) is 2.00. The van der Waals surface area contributed by atoms with Crippen LogP contribution in [0.4, 0.5) is 0 Å². The smallest absolute Gasteiger partial charge is 0.335 e. The Balaban J connectivity index is 1.94. The van der Waals surface area contributed by atoms with Crippen LogP contribution in [0.25, 0.3) is 0 Å². The van der Waals surface area contributed by atoms with Gasteiger partial charge in [0.15, 0.2) is 0 Å². The summed E-state index contributed by atoms with van der Waals surface area (Å²) in [4.78, 5) is 10.9. The number of nitrogens with one attached hydrogen (secondary N) is 1. The molecule has 98 valence electrons. The number of benzene rings is 2. The molecule has 19 heavy (non-hydrogen) atoms. The molecule has 0 unspecified atom stereocenters. The van der Waals surface area contributed by atoms with Gasteiger partial charge in [-0.25, -0.2) is 4.79 Å². The minimum atomic E-state index is -0.909. The van der Waals surface area contributed by atoms with Crippen LogP contribution < -0.4 is 5.32 Å². The van der Waals surface area contributed by atoms with Crippen LogP contribution in [0.5, 0.6) is 0 Å². The predicted octanol–water partition coefficient (Wildman–Crippen LogP) is 3.33. The summed E-state index contributed by atoms with van der Waals surface area (Å²) in [5, 5.41) is 12.9. The number of carbonyl (C=O) groups is 1. The Kier molecular flexibility index (Phi) is 4.55. The average Bonchev–Trinajstić information content (AvgIpc) is 2.41. The Morgan fingerprint density at radius 2 is 1.89 bits per heavy atom. The molecule has 0 saturated heterocycles. The maximum Gasteiger partial charge on any atom is 0.335 e.